The number of alkyl halides is 1. The van der Waals surface area contributed by atoms with Crippen LogP contribution in [0.25, 0.3) is 0 Å². The van der Waals surface area contributed by atoms with Crippen LogP contribution < -0.4 is 0 Å². The zero-order valence-corrected chi connectivity index (χ0v) is 13.4. The Morgan fingerprint density at radius 3 is 1.71 bits per heavy atom. The Bertz CT molecular complexity index is 235. The molecule has 2 aliphatic carbocycles. The summed E-state index contributed by atoms with van der Waals surface area (Å²) in [5.41, 5.74) is 0. The minimum absolute atomic E-state index is 0.347. The first-order chi connectivity index (χ1) is 6.28. The van der Waals surface area contributed by atoms with Gasteiger partial charge in [-0.05, 0) is 0 Å². The third-order valence-corrected chi connectivity index (χ3v) is 21.9. The van der Waals surface area contributed by atoms with E-state index in [0.29, 0.717) is 14.2 Å². The quantitative estimate of drug-likeness (QED) is 0.546. The van der Waals surface area contributed by atoms with Crippen LogP contribution in [0, 0.1) is 11.8 Å². The number of aliphatic hydroxyl groups is 2. The van der Waals surface area contributed by atoms with Crippen LogP contribution in [0.3, 0.4) is 0 Å². The molecule has 0 spiro atoms. The van der Waals surface area contributed by atoms with Gasteiger partial charge in [0, 0.05) is 0 Å². The van der Waals surface area contributed by atoms with Gasteiger partial charge in [-0.2, -0.15) is 0 Å². The van der Waals surface area contributed by atoms with Gasteiger partial charge in [0.25, 0.3) is 0 Å². The van der Waals surface area contributed by atoms with Crippen LogP contribution in [-0.4, -0.2) is 43.1 Å². The summed E-state index contributed by atoms with van der Waals surface area (Å²) in [5, 5.41) is 19.3. The zero-order chi connectivity index (χ0) is 10.7. The standard InChI is InChI=1S/C7H10BrO2.3CH3.Sn/c8-7-3-1-5(9)6(10)2-4(3)7;;;;/h3-6,9-10H,1-2H2;3*1H3;/t3-,4-,5+,6?;;;;/m0..../s1. The van der Waals surface area contributed by atoms with Crippen molar-refractivity contribution in [2.45, 2.75) is 42.2 Å². The van der Waals surface area contributed by atoms with Crippen molar-refractivity contribution < 1.29 is 10.2 Å². The van der Waals surface area contributed by atoms with Crippen LogP contribution in [0.1, 0.15) is 12.8 Å². The van der Waals surface area contributed by atoms with E-state index in [0.717, 1.165) is 12.8 Å². The molecule has 14 heavy (non-hydrogen) atoms. The summed E-state index contributed by atoms with van der Waals surface area (Å²) in [7, 11) is 0. The van der Waals surface area contributed by atoms with Gasteiger partial charge in [0.2, 0.25) is 0 Å². The maximum atomic E-state index is 9.63. The number of hydrogen-bond donors (Lipinski definition) is 2. The van der Waals surface area contributed by atoms with Gasteiger partial charge in [-0.15, -0.1) is 0 Å². The van der Waals surface area contributed by atoms with Crippen molar-refractivity contribution in [2.75, 3.05) is 0 Å². The molecular weight excluding hydrogens is 351 g/mol. The normalized spacial score (nSPS) is 52.7. The molecule has 0 aromatic heterocycles. The van der Waals surface area contributed by atoms with E-state index in [1.807, 2.05) is 0 Å². The summed E-state index contributed by atoms with van der Waals surface area (Å²) in [6, 6.07) is 0. The van der Waals surface area contributed by atoms with Gasteiger partial charge in [0.05, 0.1) is 0 Å². The Labute approximate surface area is 98.1 Å². The molecule has 0 saturated heterocycles. The molecule has 2 unspecified atom stereocenters. The average Bonchev–Trinajstić information content (AvgIpc) is 2.59. The molecule has 0 aromatic rings. The van der Waals surface area contributed by atoms with E-state index >= 15 is 0 Å². The molecule has 0 heterocycles. The van der Waals surface area contributed by atoms with E-state index in [-0.39, 0.29) is 0 Å². The third-order valence-electron chi connectivity index (χ3n) is 4.04. The average molecular weight is 370 g/mol. The summed E-state index contributed by atoms with van der Waals surface area (Å²) in [5.74, 6) is 1.27. The Hall–Kier alpha value is 1.20. The van der Waals surface area contributed by atoms with Gasteiger partial charge in [0.1, 0.15) is 0 Å². The van der Waals surface area contributed by atoms with Crippen molar-refractivity contribution in [1.29, 1.82) is 0 Å². The van der Waals surface area contributed by atoms with Gasteiger partial charge in [-0.25, -0.2) is 0 Å². The molecule has 2 nitrogen and oxygen atoms in total. The summed E-state index contributed by atoms with van der Waals surface area (Å²) >= 11 is 1.95. The summed E-state index contributed by atoms with van der Waals surface area (Å²) in [4.78, 5) is 7.29. The van der Waals surface area contributed by atoms with Crippen LogP contribution in [0.5, 0.6) is 0 Å². The fourth-order valence-corrected chi connectivity index (χ4v) is 11.9. The first-order valence-corrected chi connectivity index (χ1v) is 16.1. The van der Waals surface area contributed by atoms with Gasteiger partial charge in [-0.3, -0.25) is 0 Å². The van der Waals surface area contributed by atoms with Gasteiger partial charge >= 0.3 is 98.6 Å². The molecule has 0 amide bonds. The minimum atomic E-state index is -1.98. The number of halogens is 1. The number of hydrogen-bond acceptors (Lipinski definition) is 2. The predicted molar refractivity (Wildman–Crippen MR) is 63.2 cm³/mol. The van der Waals surface area contributed by atoms with Crippen molar-refractivity contribution in [3.8, 4) is 0 Å². The van der Waals surface area contributed by atoms with Crippen molar-refractivity contribution in [1.82, 2.24) is 0 Å². The van der Waals surface area contributed by atoms with E-state index in [1.54, 1.807) is 0 Å². The molecule has 0 aromatic carbocycles. The Balaban J connectivity index is 2.15. The fraction of sp³-hybridized carbons (Fsp3) is 1.00. The van der Waals surface area contributed by atoms with Crippen molar-refractivity contribution in [2.24, 2.45) is 11.8 Å². The fourth-order valence-electron chi connectivity index (χ4n) is 3.12. The zero-order valence-electron chi connectivity index (χ0n) is 9.00. The first kappa shape index (κ1) is 11.7. The SMILES string of the molecule is [CH3][Sn]([CH3])([CH3])[C]1(Br)[C@H]2CC(O)[C@H](O)C[C@@H]21. The summed E-state index contributed by atoms with van der Waals surface area (Å²) in [6.07, 6.45) is 0.630. The van der Waals surface area contributed by atoms with E-state index in [1.165, 1.54) is 0 Å². The van der Waals surface area contributed by atoms with Crippen LogP contribution in [0.15, 0.2) is 0 Å². The van der Waals surface area contributed by atoms with E-state index in [2.05, 4.69) is 30.7 Å². The molecule has 2 fully saturated rings. The monoisotopic (exact) mass is 370 g/mol. The molecule has 0 bridgehead atoms. The van der Waals surface area contributed by atoms with Crippen molar-refractivity contribution in [3.05, 3.63) is 0 Å². The molecule has 2 saturated carbocycles. The van der Waals surface area contributed by atoms with Crippen LogP contribution in [-0.2, 0) is 0 Å². The number of aliphatic hydroxyl groups excluding tert-OH is 2. The van der Waals surface area contributed by atoms with Crippen molar-refractivity contribution in [3.63, 3.8) is 0 Å². The Morgan fingerprint density at radius 1 is 1.07 bits per heavy atom. The van der Waals surface area contributed by atoms with Crippen LogP contribution in [0.2, 0.25) is 14.8 Å². The van der Waals surface area contributed by atoms with E-state index in [9.17, 15) is 10.2 Å². The van der Waals surface area contributed by atoms with Crippen molar-refractivity contribution >= 4 is 34.3 Å². The second kappa shape index (κ2) is 3.34. The molecule has 2 N–H and O–H groups in total. The molecule has 2 aliphatic rings. The molecule has 82 valence electrons. The van der Waals surface area contributed by atoms with E-state index < -0.39 is 30.6 Å². The topological polar surface area (TPSA) is 40.5 Å². The Morgan fingerprint density at radius 2 is 1.43 bits per heavy atom. The predicted octanol–water partition coefficient (Wildman–Crippen LogP) is 1.76. The molecule has 0 radical (unpaired) electrons. The molecule has 2 rings (SSSR count). The molecule has 5 atom stereocenters. The third kappa shape index (κ3) is 1.50. The maximum absolute atomic E-state index is 9.63. The van der Waals surface area contributed by atoms with Gasteiger partial charge < -0.3 is 0 Å². The van der Waals surface area contributed by atoms with Crippen LogP contribution >= 0.6 is 15.9 Å². The Kier molecular flexibility index (Phi) is 2.79. The van der Waals surface area contributed by atoms with Gasteiger partial charge in [-0.1, -0.05) is 0 Å². The second-order valence-electron chi connectivity index (χ2n) is 5.84. The molecular formula is C10H19BrO2Sn. The second-order valence-corrected chi connectivity index (χ2v) is 24.4. The molecule has 0 aliphatic heterocycles. The van der Waals surface area contributed by atoms with Crippen LogP contribution in [0.4, 0.5) is 0 Å². The summed E-state index contributed by atoms with van der Waals surface area (Å²) in [6.45, 7) is 0. The first-order valence-electron chi connectivity index (χ1n) is 5.33. The van der Waals surface area contributed by atoms with E-state index in [4.69, 9.17) is 0 Å². The number of rotatable bonds is 1. The molecule has 4 heteroatoms. The summed E-state index contributed by atoms with van der Waals surface area (Å²) < 4.78 is 0.347. The van der Waals surface area contributed by atoms with Gasteiger partial charge in [0.15, 0.2) is 0 Å². The number of fused-ring (bicyclic) bond motifs is 1.